The van der Waals surface area contributed by atoms with Crippen LogP contribution in [0.3, 0.4) is 0 Å². The van der Waals surface area contributed by atoms with Crippen molar-refractivity contribution in [3.8, 4) is 5.75 Å². The summed E-state index contributed by atoms with van der Waals surface area (Å²) in [6, 6.07) is 8.08. The topological polar surface area (TPSA) is 18.5 Å². The number of thioether (sulfide) groups is 1. The van der Waals surface area contributed by atoms with Gasteiger partial charge in [0, 0.05) is 11.5 Å². The number of rotatable bonds is 6. The first-order valence-electron chi connectivity index (χ1n) is 4.71. The van der Waals surface area contributed by atoms with Gasteiger partial charge in [-0.25, -0.2) is 0 Å². The van der Waals surface area contributed by atoms with Crippen molar-refractivity contribution >= 4 is 11.8 Å². The summed E-state index contributed by atoms with van der Waals surface area (Å²) in [5.41, 5.74) is 0. The van der Waals surface area contributed by atoms with Gasteiger partial charge < -0.3 is 9.47 Å². The highest BCUT2D eigenvalue weighted by molar-refractivity contribution is 7.98. The molecule has 1 rings (SSSR count). The fraction of sp³-hybridized carbons (Fsp3) is 0.455. The van der Waals surface area contributed by atoms with Gasteiger partial charge in [0.15, 0.2) is 0 Å². The lowest BCUT2D eigenvalue weighted by atomic mass is 10.3. The lowest BCUT2D eigenvalue weighted by molar-refractivity contribution is 0.110. The lowest BCUT2D eigenvalue weighted by Crippen LogP contribution is -2.05. The molecule has 0 aromatic heterocycles. The van der Waals surface area contributed by atoms with Crippen molar-refractivity contribution in [1.82, 2.24) is 0 Å². The van der Waals surface area contributed by atoms with E-state index in [9.17, 15) is 0 Å². The summed E-state index contributed by atoms with van der Waals surface area (Å²) in [7, 11) is 0. The van der Waals surface area contributed by atoms with E-state index < -0.39 is 0 Å². The van der Waals surface area contributed by atoms with Crippen molar-refractivity contribution in [2.75, 3.05) is 26.1 Å². The highest BCUT2D eigenvalue weighted by Crippen LogP contribution is 2.18. The van der Waals surface area contributed by atoms with Gasteiger partial charge in [0.2, 0.25) is 0 Å². The van der Waals surface area contributed by atoms with Gasteiger partial charge in [-0.2, -0.15) is 0 Å². The largest absolute Gasteiger partial charge is 0.491 e. The standard InChI is InChI=1S/C11H16O2S/c1-3-12-8-9-13-10-4-6-11(14-2)7-5-10/h4-7H,3,8-9H2,1-2H3. The van der Waals surface area contributed by atoms with Crippen molar-refractivity contribution in [1.29, 1.82) is 0 Å². The molecule has 0 fully saturated rings. The molecule has 0 atom stereocenters. The predicted octanol–water partition coefficient (Wildman–Crippen LogP) is 2.82. The second-order valence-electron chi connectivity index (χ2n) is 2.72. The zero-order valence-electron chi connectivity index (χ0n) is 8.66. The molecule has 78 valence electrons. The van der Waals surface area contributed by atoms with Crippen LogP contribution in [-0.2, 0) is 4.74 Å². The Kier molecular flexibility index (Phi) is 5.49. The Labute approximate surface area is 89.6 Å². The Bertz CT molecular complexity index is 246. The Morgan fingerprint density at radius 3 is 2.43 bits per heavy atom. The van der Waals surface area contributed by atoms with Gasteiger partial charge in [0.05, 0.1) is 6.61 Å². The van der Waals surface area contributed by atoms with Crippen LogP contribution in [0.1, 0.15) is 6.92 Å². The molecule has 3 heteroatoms. The van der Waals surface area contributed by atoms with Crippen LogP contribution >= 0.6 is 11.8 Å². The van der Waals surface area contributed by atoms with Crippen LogP contribution in [0.2, 0.25) is 0 Å². The number of benzene rings is 1. The van der Waals surface area contributed by atoms with E-state index in [1.54, 1.807) is 11.8 Å². The zero-order chi connectivity index (χ0) is 10.2. The van der Waals surface area contributed by atoms with Crippen molar-refractivity contribution in [3.05, 3.63) is 24.3 Å². The van der Waals surface area contributed by atoms with Crippen molar-refractivity contribution in [3.63, 3.8) is 0 Å². The molecule has 1 aromatic carbocycles. The maximum atomic E-state index is 5.47. The van der Waals surface area contributed by atoms with Crippen LogP contribution in [0.25, 0.3) is 0 Å². The third-order valence-corrected chi connectivity index (χ3v) is 2.50. The highest BCUT2D eigenvalue weighted by Gasteiger charge is 1.93. The molecule has 0 unspecified atom stereocenters. The normalized spacial score (nSPS) is 10.1. The predicted molar refractivity (Wildman–Crippen MR) is 60.2 cm³/mol. The van der Waals surface area contributed by atoms with E-state index in [1.165, 1.54) is 4.90 Å². The minimum Gasteiger partial charge on any atom is -0.491 e. The summed E-state index contributed by atoms with van der Waals surface area (Å²) in [4.78, 5) is 1.25. The van der Waals surface area contributed by atoms with Crippen LogP contribution in [0, 0.1) is 0 Å². The number of ether oxygens (including phenoxy) is 2. The van der Waals surface area contributed by atoms with E-state index in [0.717, 1.165) is 12.4 Å². The smallest absolute Gasteiger partial charge is 0.119 e. The lowest BCUT2D eigenvalue weighted by Gasteiger charge is -2.06. The second-order valence-corrected chi connectivity index (χ2v) is 3.60. The fourth-order valence-electron chi connectivity index (χ4n) is 1.03. The quantitative estimate of drug-likeness (QED) is 0.533. The molecule has 0 amide bonds. The monoisotopic (exact) mass is 212 g/mol. The highest BCUT2D eigenvalue weighted by atomic mass is 32.2. The molecule has 0 aliphatic heterocycles. The minimum absolute atomic E-state index is 0.618. The van der Waals surface area contributed by atoms with Gasteiger partial charge in [-0.1, -0.05) is 0 Å². The van der Waals surface area contributed by atoms with Gasteiger partial charge in [0.1, 0.15) is 12.4 Å². The first-order valence-corrected chi connectivity index (χ1v) is 5.94. The van der Waals surface area contributed by atoms with E-state index >= 15 is 0 Å². The van der Waals surface area contributed by atoms with Gasteiger partial charge in [0.25, 0.3) is 0 Å². The van der Waals surface area contributed by atoms with E-state index in [2.05, 4.69) is 18.4 Å². The Morgan fingerprint density at radius 1 is 1.14 bits per heavy atom. The second kappa shape index (κ2) is 6.74. The SMILES string of the molecule is CCOCCOc1ccc(SC)cc1. The Morgan fingerprint density at radius 2 is 1.86 bits per heavy atom. The number of hydrogen-bond acceptors (Lipinski definition) is 3. The van der Waals surface area contributed by atoms with Crippen molar-refractivity contribution in [2.24, 2.45) is 0 Å². The van der Waals surface area contributed by atoms with Crippen molar-refractivity contribution < 1.29 is 9.47 Å². The summed E-state index contributed by atoms with van der Waals surface area (Å²) in [6.07, 6.45) is 2.06. The minimum atomic E-state index is 0.618. The molecule has 0 heterocycles. The maximum Gasteiger partial charge on any atom is 0.119 e. The van der Waals surface area contributed by atoms with Crippen LogP contribution < -0.4 is 4.74 Å². The molecule has 14 heavy (non-hydrogen) atoms. The molecule has 2 nitrogen and oxygen atoms in total. The van der Waals surface area contributed by atoms with Crippen LogP contribution in [0.15, 0.2) is 29.2 Å². The molecule has 0 saturated carbocycles. The molecule has 0 aliphatic carbocycles. The Balaban J connectivity index is 2.29. The van der Waals surface area contributed by atoms with Gasteiger partial charge in [-0.15, -0.1) is 11.8 Å². The molecule has 0 radical (unpaired) electrons. The molecule has 0 aliphatic rings. The molecule has 0 spiro atoms. The summed E-state index contributed by atoms with van der Waals surface area (Å²) in [5.74, 6) is 0.905. The summed E-state index contributed by atoms with van der Waals surface area (Å²) >= 11 is 1.73. The van der Waals surface area contributed by atoms with Crippen molar-refractivity contribution in [2.45, 2.75) is 11.8 Å². The van der Waals surface area contributed by atoms with Crippen LogP contribution in [0.5, 0.6) is 5.75 Å². The van der Waals surface area contributed by atoms with Gasteiger partial charge in [-0.3, -0.25) is 0 Å². The molecule has 0 saturated heterocycles. The average molecular weight is 212 g/mol. The maximum absolute atomic E-state index is 5.47. The summed E-state index contributed by atoms with van der Waals surface area (Å²) < 4.78 is 10.6. The molecule has 0 N–H and O–H groups in total. The van der Waals surface area contributed by atoms with E-state index in [4.69, 9.17) is 9.47 Å². The first kappa shape index (κ1) is 11.4. The summed E-state index contributed by atoms with van der Waals surface area (Å²) in [6.45, 7) is 4.00. The first-order chi connectivity index (χ1) is 6.86. The van der Waals surface area contributed by atoms with Gasteiger partial charge in [-0.05, 0) is 37.4 Å². The third kappa shape index (κ3) is 4.03. The van der Waals surface area contributed by atoms with E-state index in [-0.39, 0.29) is 0 Å². The molecular formula is C11H16O2S. The average Bonchev–Trinajstić information content (AvgIpc) is 2.25. The number of hydrogen-bond donors (Lipinski definition) is 0. The van der Waals surface area contributed by atoms with E-state index in [1.807, 2.05) is 19.1 Å². The summed E-state index contributed by atoms with van der Waals surface area (Å²) in [5, 5.41) is 0. The molecule has 0 bridgehead atoms. The molecular weight excluding hydrogens is 196 g/mol. The van der Waals surface area contributed by atoms with E-state index in [0.29, 0.717) is 13.2 Å². The molecule has 1 aromatic rings. The zero-order valence-corrected chi connectivity index (χ0v) is 9.47. The van der Waals surface area contributed by atoms with Gasteiger partial charge >= 0.3 is 0 Å². The Hall–Kier alpha value is -0.670. The van der Waals surface area contributed by atoms with Crippen LogP contribution in [0.4, 0.5) is 0 Å². The fourth-order valence-corrected chi connectivity index (χ4v) is 1.44. The third-order valence-electron chi connectivity index (χ3n) is 1.76. The van der Waals surface area contributed by atoms with Crippen LogP contribution in [-0.4, -0.2) is 26.1 Å².